The Bertz CT molecular complexity index is 878. The number of carbonyl (C=O) groups is 2. The van der Waals surface area contributed by atoms with Crippen LogP contribution in [0.4, 0.5) is 5.13 Å². The van der Waals surface area contributed by atoms with Gasteiger partial charge in [0.2, 0.25) is 16.9 Å². The van der Waals surface area contributed by atoms with Crippen molar-refractivity contribution in [1.29, 1.82) is 0 Å². The molecule has 0 bridgehead atoms. The predicted molar refractivity (Wildman–Crippen MR) is 102 cm³/mol. The van der Waals surface area contributed by atoms with Crippen LogP contribution in [-0.4, -0.2) is 43.5 Å². The SMILES string of the molecule is CN(Cc1nccn1Cc1ccccc1)C(=O)CCC(=O)Nc1nncs1. The van der Waals surface area contributed by atoms with Gasteiger partial charge in [0.1, 0.15) is 11.3 Å². The van der Waals surface area contributed by atoms with Crippen molar-refractivity contribution < 1.29 is 9.59 Å². The fourth-order valence-electron chi connectivity index (χ4n) is 2.54. The molecule has 2 aromatic heterocycles. The van der Waals surface area contributed by atoms with E-state index in [1.807, 2.05) is 29.0 Å². The molecule has 0 aliphatic heterocycles. The Balaban J connectivity index is 1.50. The highest BCUT2D eigenvalue weighted by molar-refractivity contribution is 7.13. The number of amides is 2. The van der Waals surface area contributed by atoms with E-state index >= 15 is 0 Å². The molecule has 3 rings (SSSR count). The average molecular weight is 384 g/mol. The third kappa shape index (κ3) is 5.45. The molecule has 9 heteroatoms. The normalized spacial score (nSPS) is 10.6. The highest BCUT2D eigenvalue weighted by Gasteiger charge is 2.15. The quantitative estimate of drug-likeness (QED) is 0.642. The van der Waals surface area contributed by atoms with E-state index < -0.39 is 0 Å². The summed E-state index contributed by atoms with van der Waals surface area (Å²) in [5, 5.41) is 10.4. The molecule has 27 heavy (non-hydrogen) atoms. The van der Waals surface area contributed by atoms with E-state index in [4.69, 9.17) is 0 Å². The van der Waals surface area contributed by atoms with Crippen LogP contribution >= 0.6 is 11.3 Å². The monoisotopic (exact) mass is 384 g/mol. The van der Waals surface area contributed by atoms with Crippen molar-refractivity contribution in [1.82, 2.24) is 24.6 Å². The van der Waals surface area contributed by atoms with Crippen molar-refractivity contribution in [2.75, 3.05) is 12.4 Å². The molecular formula is C18H20N6O2S. The topological polar surface area (TPSA) is 93.0 Å². The first kappa shape index (κ1) is 18.7. The molecule has 140 valence electrons. The van der Waals surface area contributed by atoms with Crippen LogP contribution in [0.2, 0.25) is 0 Å². The second-order valence-electron chi connectivity index (χ2n) is 6.00. The third-order valence-electron chi connectivity index (χ3n) is 3.97. The van der Waals surface area contributed by atoms with Crippen LogP contribution in [0.15, 0.2) is 48.2 Å². The van der Waals surface area contributed by atoms with Gasteiger partial charge in [0, 0.05) is 38.8 Å². The molecule has 0 atom stereocenters. The molecule has 0 fully saturated rings. The van der Waals surface area contributed by atoms with E-state index in [2.05, 4.69) is 32.6 Å². The van der Waals surface area contributed by atoms with Crippen molar-refractivity contribution in [2.24, 2.45) is 0 Å². The maximum absolute atomic E-state index is 12.3. The number of anilines is 1. The highest BCUT2D eigenvalue weighted by Crippen LogP contribution is 2.10. The lowest BCUT2D eigenvalue weighted by Gasteiger charge is -2.17. The first-order chi connectivity index (χ1) is 13.1. The summed E-state index contributed by atoms with van der Waals surface area (Å²) in [4.78, 5) is 30.1. The van der Waals surface area contributed by atoms with Gasteiger partial charge in [0.05, 0.1) is 6.54 Å². The van der Waals surface area contributed by atoms with Crippen LogP contribution in [0, 0.1) is 0 Å². The second-order valence-corrected chi connectivity index (χ2v) is 6.83. The Hall–Kier alpha value is -3.07. The molecule has 0 aliphatic rings. The molecule has 0 saturated heterocycles. The third-order valence-corrected chi connectivity index (χ3v) is 4.58. The summed E-state index contributed by atoms with van der Waals surface area (Å²) < 4.78 is 2.02. The Labute approximate surface area is 160 Å². The molecule has 0 radical (unpaired) electrons. The number of carbonyl (C=O) groups excluding carboxylic acids is 2. The van der Waals surface area contributed by atoms with Gasteiger partial charge in [-0.25, -0.2) is 4.98 Å². The maximum atomic E-state index is 12.3. The Morgan fingerprint density at radius 3 is 2.78 bits per heavy atom. The molecular weight excluding hydrogens is 364 g/mol. The Morgan fingerprint density at radius 2 is 2.04 bits per heavy atom. The summed E-state index contributed by atoms with van der Waals surface area (Å²) in [5.74, 6) is 0.434. The molecule has 8 nitrogen and oxygen atoms in total. The van der Waals surface area contributed by atoms with Gasteiger partial charge in [-0.15, -0.1) is 10.2 Å². The first-order valence-electron chi connectivity index (χ1n) is 8.45. The number of nitrogens with one attached hydrogen (secondary N) is 1. The zero-order chi connectivity index (χ0) is 19.1. The summed E-state index contributed by atoms with van der Waals surface area (Å²) in [6.07, 6.45) is 3.85. The predicted octanol–water partition coefficient (Wildman–Crippen LogP) is 2.16. The van der Waals surface area contributed by atoms with Crippen molar-refractivity contribution >= 4 is 28.3 Å². The maximum Gasteiger partial charge on any atom is 0.226 e. The molecule has 0 aliphatic carbocycles. The number of imidazole rings is 1. The minimum absolute atomic E-state index is 0.0984. The van der Waals surface area contributed by atoms with E-state index in [1.54, 1.807) is 18.1 Å². The average Bonchev–Trinajstić information content (AvgIpc) is 3.33. The molecule has 0 spiro atoms. The van der Waals surface area contributed by atoms with Gasteiger partial charge in [-0.05, 0) is 5.56 Å². The molecule has 1 aromatic carbocycles. The highest BCUT2D eigenvalue weighted by atomic mass is 32.1. The zero-order valence-corrected chi connectivity index (χ0v) is 15.7. The molecule has 2 heterocycles. The van der Waals surface area contributed by atoms with Crippen LogP contribution in [0.5, 0.6) is 0 Å². The van der Waals surface area contributed by atoms with Gasteiger partial charge >= 0.3 is 0 Å². The van der Waals surface area contributed by atoms with E-state index in [9.17, 15) is 9.59 Å². The number of rotatable bonds is 8. The van der Waals surface area contributed by atoms with Gasteiger partial charge in [0.25, 0.3) is 0 Å². The summed E-state index contributed by atoms with van der Waals surface area (Å²) in [6.45, 7) is 1.08. The summed E-state index contributed by atoms with van der Waals surface area (Å²) in [5.41, 5.74) is 2.70. The van der Waals surface area contributed by atoms with Gasteiger partial charge in [-0.1, -0.05) is 41.7 Å². The fourth-order valence-corrected chi connectivity index (χ4v) is 3.00. The van der Waals surface area contributed by atoms with E-state index in [-0.39, 0.29) is 24.7 Å². The van der Waals surface area contributed by atoms with Gasteiger partial charge in [0.15, 0.2) is 0 Å². The Morgan fingerprint density at radius 1 is 1.22 bits per heavy atom. The molecule has 3 aromatic rings. The second kappa shape index (κ2) is 9.04. The Kier molecular flexibility index (Phi) is 6.26. The van der Waals surface area contributed by atoms with Crippen molar-refractivity contribution in [3.05, 3.63) is 59.6 Å². The molecule has 1 N–H and O–H groups in total. The van der Waals surface area contributed by atoms with Crippen molar-refractivity contribution in [3.8, 4) is 0 Å². The number of nitrogens with zero attached hydrogens (tertiary/aromatic N) is 5. The summed E-state index contributed by atoms with van der Waals surface area (Å²) in [7, 11) is 1.71. The number of hydrogen-bond acceptors (Lipinski definition) is 6. The lowest BCUT2D eigenvalue weighted by molar-refractivity contribution is -0.132. The van der Waals surface area contributed by atoms with Crippen LogP contribution in [-0.2, 0) is 22.7 Å². The van der Waals surface area contributed by atoms with Crippen LogP contribution in [0.1, 0.15) is 24.2 Å². The molecule has 2 amide bonds. The number of hydrogen-bond donors (Lipinski definition) is 1. The molecule has 0 unspecified atom stereocenters. The van der Waals surface area contributed by atoms with E-state index in [0.717, 1.165) is 5.82 Å². The van der Waals surface area contributed by atoms with Crippen LogP contribution in [0.3, 0.4) is 0 Å². The van der Waals surface area contributed by atoms with E-state index in [0.29, 0.717) is 18.2 Å². The fraction of sp³-hybridized carbons (Fsp3) is 0.278. The molecule has 0 saturated carbocycles. The largest absolute Gasteiger partial charge is 0.338 e. The van der Waals surface area contributed by atoms with Gasteiger partial charge < -0.3 is 14.8 Å². The van der Waals surface area contributed by atoms with Crippen molar-refractivity contribution in [3.63, 3.8) is 0 Å². The van der Waals surface area contributed by atoms with Crippen LogP contribution in [0.25, 0.3) is 0 Å². The van der Waals surface area contributed by atoms with Gasteiger partial charge in [-0.3, -0.25) is 9.59 Å². The first-order valence-corrected chi connectivity index (χ1v) is 9.33. The number of benzene rings is 1. The smallest absolute Gasteiger partial charge is 0.226 e. The summed E-state index contributed by atoms with van der Waals surface area (Å²) in [6, 6.07) is 10.1. The van der Waals surface area contributed by atoms with Crippen LogP contribution < -0.4 is 5.32 Å². The number of aromatic nitrogens is 4. The standard InChI is InChI=1S/C18H20N6O2S/c1-23(17(26)8-7-16(25)21-18-22-20-13-27-18)12-15-19-9-10-24(15)11-14-5-3-2-4-6-14/h2-6,9-10,13H,7-8,11-12H2,1H3,(H,21,22,25). The summed E-state index contributed by atoms with van der Waals surface area (Å²) >= 11 is 1.24. The minimum atomic E-state index is -0.251. The zero-order valence-electron chi connectivity index (χ0n) is 14.9. The minimum Gasteiger partial charge on any atom is -0.338 e. The van der Waals surface area contributed by atoms with Gasteiger partial charge in [-0.2, -0.15) is 0 Å². The lowest BCUT2D eigenvalue weighted by Crippen LogP contribution is -2.28. The lowest BCUT2D eigenvalue weighted by atomic mass is 10.2. The van der Waals surface area contributed by atoms with E-state index in [1.165, 1.54) is 22.4 Å². The van der Waals surface area contributed by atoms with Crippen molar-refractivity contribution in [2.45, 2.75) is 25.9 Å².